The van der Waals surface area contributed by atoms with Gasteiger partial charge < -0.3 is 9.32 Å². The third kappa shape index (κ3) is 2.21. The van der Waals surface area contributed by atoms with E-state index in [-0.39, 0.29) is 11.5 Å². The van der Waals surface area contributed by atoms with Crippen molar-refractivity contribution in [1.82, 2.24) is 9.88 Å². The highest BCUT2D eigenvalue weighted by molar-refractivity contribution is 6.04. The zero-order valence-corrected chi connectivity index (χ0v) is 11.1. The van der Waals surface area contributed by atoms with Gasteiger partial charge in [0, 0.05) is 13.1 Å². The van der Waals surface area contributed by atoms with Crippen LogP contribution < -0.4 is 5.76 Å². The molecule has 6 heteroatoms. The smallest absolute Gasteiger partial charge is 0.407 e. The molecule has 0 bridgehead atoms. The fraction of sp³-hybridized carbons (Fsp3) is 0.429. The third-order valence-corrected chi connectivity index (χ3v) is 3.77. The number of amides is 1. The number of nitrogens with one attached hydrogen (secondary N) is 1. The van der Waals surface area contributed by atoms with Crippen molar-refractivity contribution in [3.05, 3.63) is 34.3 Å². The van der Waals surface area contributed by atoms with Gasteiger partial charge in [-0.3, -0.25) is 9.78 Å². The first-order valence-electron chi connectivity index (χ1n) is 6.56. The predicted molar refractivity (Wildman–Crippen MR) is 71.5 cm³/mol. The van der Waals surface area contributed by atoms with E-state index in [1.807, 2.05) is 0 Å². The molecule has 1 fully saturated rings. The minimum absolute atomic E-state index is 0.228. The molecule has 3 rings (SSSR count). The van der Waals surface area contributed by atoms with Gasteiger partial charge in [-0.1, -0.05) is 6.07 Å². The number of carbonyl (C=O) groups excluding carboxylic acids is 1. The van der Waals surface area contributed by atoms with Gasteiger partial charge >= 0.3 is 5.76 Å². The normalized spacial score (nSPS) is 18.4. The Morgan fingerprint density at radius 3 is 2.80 bits per heavy atom. The van der Waals surface area contributed by atoms with E-state index in [1.54, 1.807) is 30.0 Å². The van der Waals surface area contributed by atoms with Gasteiger partial charge in [-0.05, 0) is 31.9 Å². The molecule has 0 aliphatic carbocycles. The summed E-state index contributed by atoms with van der Waals surface area (Å²) in [7, 11) is 0. The van der Waals surface area contributed by atoms with Crippen molar-refractivity contribution in [2.45, 2.75) is 25.4 Å². The molecule has 0 radical (unpaired) electrons. The Morgan fingerprint density at radius 2 is 2.10 bits per heavy atom. The second-order valence-electron chi connectivity index (χ2n) is 5.40. The first-order chi connectivity index (χ1) is 9.46. The molecule has 0 unspecified atom stereocenters. The quantitative estimate of drug-likeness (QED) is 0.868. The van der Waals surface area contributed by atoms with Crippen molar-refractivity contribution in [2.75, 3.05) is 13.1 Å². The maximum Gasteiger partial charge on any atom is 0.417 e. The standard InChI is InChI=1S/C14H15FN2O3/c1-14(15)5-7-17(8-6-14)12(18)9-3-2-4-10-11(9)20-13(19)16-10/h2-4H,5-8H2,1H3,(H,16,19). The average molecular weight is 278 g/mol. The zero-order chi connectivity index (χ0) is 14.3. The molecule has 1 aliphatic heterocycles. The number of piperidine rings is 1. The number of nitrogens with zero attached hydrogens (tertiary/aromatic N) is 1. The largest absolute Gasteiger partial charge is 0.417 e. The Bertz CT molecular complexity index is 707. The van der Waals surface area contributed by atoms with Crippen molar-refractivity contribution in [3.8, 4) is 0 Å². The van der Waals surface area contributed by atoms with Gasteiger partial charge in [0.2, 0.25) is 0 Å². The van der Waals surface area contributed by atoms with Gasteiger partial charge in [-0.2, -0.15) is 0 Å². The molecule has 1 aromatic carbocycles. The molecule has 106 valence electrons. The zero-order valence-electron chi connectivity index (χ0n) is 11.1. The SMILES string of the molecule is CC1(F)CCN(C(=O)c2cccc3[nH]c(=O)oc23)CC1. The number of H-pyrrole nitrogens is 1. The van der Waals surface area contributed by atoms with Crippen LogP contribution in [-0.4, -0.2) is 34.5 Å². The first kappa shape index (κ1) is 12.9. The summed E-state index contributed by atoms with van der Waals surface area (Å²) < 4.78 is 18.8. The molecule has 0 spiro atoms. The van der Waals surface area contributed by atoms with Crippen LogP contribution in [0.15, 0.2) is 27.4 Å². The monoisotopic (exact) mass is 278 g/mol. The van der Waals surface area contributed by atoms with Gasteiger partial charge in [0.25, 0.3) is 5.91 Å². The number of para-hydroxylation sites is 1. The van der Waals surface area contributed by atoms with E-state index in [4.69, 9.17) is 4.42 Å². The second-order valence-corrected chi connectivity index (χ2v) is 5.40. The van der Waals surface area contributed by atoms with E-state index < -0.39 is 11.4 Å². The van der Waals surface area contributed by atoms with Crippen LogP contribution in [0.2, 0.25) is 0 Å². The van der Waals surface area contributed by atoms with Gasteiger partial charge in [0.1, 0.15) is 5.67 Å². The lowest BCUT2D eigenvalue weighted by molar-refractivity contribution is 0.0504. The van der Waals surface area contributed by atoms with Crippen LogP contribution in [0.5, 0.6) is 0 Å². The molecule has 2 aromatic rings. The third-order valence-electron chi connectivity index (χ3n) is 3.77. The number of aromatic nitrogens is 1. The Hall–Kier alpha value is -2.11. The summed E-state index contributed by atoms with van der Waals surface area (Å²) in [4.78, 5) is 27.8. The average Bonchev–Trinajstić information content (AvgIpc) is 2.78. The van der Waals surface area contributed by atoms with Crippen molar-refractivity contribution in [2.24, 2.45) is 0 Å². The van der Waals surface area contributed by atoms with Crippen LogP contribution in [0.3, 0.4) is 0 Å². The molecule has 1 aromatic heterocycles. The fourth-order valence-electron chi connectivity index (χ4n) is 2.49. The molecular weight excluding hydrogens is 263 g/mol. The molecule has 1 aliphatic rings. The summed E-state index contributed by atoms with van der Waals surface area (Å²) in [5.74, 6) is -0.816. The predicted octanol–water partition coefficient (Wildman–Crippen LogP) is 2.09. The van der Waals surface area contributed by atoms with Crippen LogP contribution in [0.25, 0.3) is 11.1 Å². The summed E-state index contributed by atoms with van der Waals surface area (Å²) in [5, 5.41) is 0. The Kier molecular flexibility index (Phi) is 2.88. The number of aromatic amines is 1. The number of alkyl halides is 1. The fourth-order valence-corrected chi connectivity index (χ4v) is 2.49. The van der Waals surface area contributed by atoms with E-state index in [2.05, 4.69) is 4.98 Å². The molecule has 20 heavy (non-hydrogen) atoms. The van der Waals surface area contributed by atoms with Gasteiger partial charge in [0.15, 0.2) is 5.58 Å². The minimum atomic E-state index is -1.20. The van der Waals surface area contributed by atoms with Crippen molar-refractivity contribution in [3.63, 3.8) is 0 Å². The van der Waals surface area contributed by atoms with Gasteiger partial charge in [-0.15, -0.1) is 0 Å². The van der Waals surface area contributed by atoms with E-state index in [0.29, 0.717) is 37.0 Å². The number of rotatable bonds is 1. The Morgan fingerprint density at radius 1 is 1.40 bits per heavy atom. The highest BCUT2D eigenvalue weighted by Crippen LogP contribution is 2.27. The maximum absolute atomic E-state index is 13.8. The second kappa shape index (κ2) is 4.47. The van der Waals surface area contributed by atoms with Crippen LogP contribution in [-0.2, 0) is 0 Å². The maximum atomic E-state index is 13.8. The van der Waals surface area contributed by atoms with Crippen molar-refractivity contribution in [1.29, 1.82) is 0 Å². The number of benzene rings is 1. The highest BCUT2D eigenvalue weighted by Gasteiger charge is 2.32. The number of hydrogen-bond acceptors (Lipinski definition) is 3. The van der Waals surface area contributed by atoms with Crippen LogP contribution in [0, 0.1) is 0 Å². The van der Waals surface area contributed by atoms with Gasteiger partial charge in [0.05, 0.1) is 11.1 Å². The minimum Gasteiger partial charge on any atom is -0.407 e. The lowest BCUT2D eigenvalue weighted by Gasteiger charge is -2.34. The lowest BCUT2D eigenvalue weighted by Crippen LogP contribution is -2.43. The first-order valence-corrected chi connectivity index (χ1v) is 6.56. The number of halogens is 1. The molecule has 1 amide bonds. The molecule has 0 atom stereocenters. The van der Waals surface area contributed by atoms with Crippen molar-refractivity contribution >= 4 is 17.0 Å². The Labute approximate surface area is 114 Å². The van der Waals surface area contributed by atoms with E-state index in [0.717, 1.165) is 0 Å². The topological polar surface area (TPSA) is 66.3 Å². The number of hydrogen-bond donors (Lipinski definition) is 1. The van der Waals surface area contributed by atoms with E-state index >= 15 is 0 Å². The van der Waals surface area contributed by atoms with Crippen LogP contribution in [0.1, 0.15) is 30.1 Å². The summed E-state index contributed by atoms with van der Waals surface area (Å²) in [6, 6.07) is 4.97. The summed E-state index contributed by atoms with van der Waals surface area (Å²) >= 11 is 0. The molecule has 5 nitrogen and oxygen atoms in total. The van der Waals surface area contributed by atoms with Gasteiger partial charge in [-0.25, -0.2) is 9.18 Å². The van der Waals surface area contributed by atoms with Crippen LogP contribution in [0.4, 0.5) is 4.39 Å². The molecule has 0 saturated carbocycles. The number of carbonyl (C=O) groups is 1. The lowest BCUT2D eigenvalue weighted by atomic mass is 9.95. The number of oxazole rings is 1. The summed E-state index contributed by atoms with van der Waals surface area (Å²) in [5.41, 5.74) is -0.115. The molecule has 2 heterocycles. The summed E-state index contributed by atoms with van der Waals surface area (Å²) in [6.07, 6.45) is 0.650. The van der Waals surface area contributed by atoms with E-state index in [1.165, 1.54) is 0 Å². The van der Waals surface area contributed by atoms with E-state index in [9.17, 15) is 14.0 Å². The summed E-state index contributed by atoms with van der Waals surface area (Å²) in [6.45, 7) is 2.30. The molecular formula is C14H15FN2O3. The molecule has 1 saturated heterocycles. The van der Waals surface area contributed by atoms with Crippen LogP contribution >= 0.6 is 0 Å². The molecule has 1 N–H and O–H groups in total. The number of likely N-dealkylation sites (tertiary alicyclic amines) is 1. The highest BCUT2D eigenvalue weighted by atomic mass is 19.1. The Balaban J connectivity index is 1.91. The van der Waals surface area contributed by atoms with Crippen molar-refractivity contribution < 1.29 is 13.6 Å². The number of fused-ring (bicyclic) bond motifs is 1.